The number of rotatable bonds is 12. The lowest BCUT2D eigenvalue weighted by Gasteiger charge is -2.26. The summed E-state index contributed by atoms with van der Waals surface area (Å²) in [5, 5.41) is 43.3. The van der Waals surface area contributed by atoms with Gasteiger partial charge in [-0.2, -0.15) is 0 Å². The van der Waals surface area contributed by atoms with Gasteiger partial charge in [-0.3, -0.25) is 9.59 Å². The number of benzene rings is 6. The summed E-state index contributed by atoms with van der Waals surface area (Å²) in [5.74, 6) is -2.17. The highest BCUT2D eigenvalue weighted by molar-refractivity contribution is 6.11. The zero-order valence-electron chi connectivity index (χ0n) is 29.4. The van der Waals surface area contributed by atoms with Crippen molar-refractivity contribution in [2.24, 2.45) is 0 Å². The molecule has 12 heteroatoms. The van der Waals surface area contributed by atoms with Crippen molar-refractivity contribution < 1.29 is 49.1 Å². The van der Waals surface area contributed by atoms with Gasteiger partial charge in [0.2, 0.25) is 0 Å². The van der Waals surface area contributed by atoms with Crippen LogP contribution in [0.1, 0.15) is 66.4 Å². The second-order valence-corrected chi connectivity index (χ2v) is 12.9. The largest absolute Gasteiger partial charge is 0.508 e. The molecular weight excluding hydrogens is 704 g/mol. The van der Waals surface area contributed by atoms with E-state index in [0.29, 0.717) is 34.4 Å². The van der Waals surface area contributed by atoms with Gasteiger partial charge in [0.05, 0.1) is 22.3 Å². The summed E-state index contributed by atoms with van der Waals surface area (Å²) in [6, 6.07) is 35.7. The van der Waals surface area contributed by atoms with Gasteiger partial charge in [-0.25, -0.2) is 9.59 Å². The topological polar surface area (TPSA) is 192 Å². The molecule has 6 rings (SSSR count). The minimum atomic E-state index is -1.33. The van der Waals surface area contributed by atoms with Crippen molar-refractivity contribution >= 4 is 35.1 Å². The maximum atomic E-state index is 12.7. The Morgan fingerprint density at radius 1 is 0.455 bits per heavy atom. The summed E-state index contributed by atoms with van der Waals surface area (Å²) in [6.45, 7) is 4.21. The number of phenols is 2. The number of carboxylic acid groups (broad SMARTS) is 2. The summed E-state index contributed by atoms with van der Waals surface area (Å²) >= 11 is 0. The van der Waals surface area contributed by atoms with E-state index in [9.17, 15) is 39.6 Å². The molecule has 6 aromatic rings. The molecular formula is C43H34N2O10. The zero-order chi connectivity index (χ0) is 39.3. The van der Waals surface area contributed by atoms with Crippen LogP contribution in [0, 0.1) is 0 Å². The van der Waals surface area contributed by atoms with Crippen LogP contribution < -0.4 is 20.1 Å². The molecule has 2 amide bonds. The van der Waals surface area contributed by atoms with Crippen LogP contribution in [-0.2, 0) is 5.41 Å². The van der Waals surface area contributed by atoms with E-state index < -0.39 is 23.8 Å². The number of amides is 2. The molecule has 12 nitrogen and oxygen atoms in total. The van der Waals surface area contributed by atoms with Crippen LogP contribution in [-0.4, -0.2) is 44.2 Å². The molecule has 0 aromatic heterocycles. The molecule has 0 fully saturated rings. The molecule has 0 bridgehead atoms. The molecule has 0 heterocycles. The maximum absolute atomic E-state index is 12.7. The number of ether oxygens (including phenoxy) is 2. The molecule has 0 aliphatic heterocycles. The van der Waals surface area contributed by atoms with Gasteiger partial charge in [-0.1, -0.05) is 38.1 Å². The van der Waals surface area contributed by atoms with E-state index in [1.807, 2.05) is 48.5 Å². The highest BCUT2D eigenvalue weighted by Gasteiger charge is 2.24. The standard InChI is InChI=1S/C43H34N2O10/c1-43(2,25-3-13-31(14-4-25)54-33-17-7-27(8-18-33)44-39(48)35-21-11-29(46)23-37(35)41(50)51)26-5-15-32(16-6-26)55-34-19-9-28(10-20-34)45-40(49)36-22-12-30(47)24-38(36)42(52)53/h3-24,46-47H,1-2H3,(H,44,48)(H,45,49)(H,50,51)(H,52,53). The summed E-state index contributed by atoms with van der Waals surface area (Å²) in [6.07, 6.45) is 0. The van der Waals surface area contributed by atoms with Gasteiger partial charge in [0.1, 0.15) is 34.5 Å². The van der Waals surface area contributed by atoms with Crippen LogP contribution in [0.5, 0.6) is 34.5 Å². The number of carbonyl (C=O) groups excluding carboxylic acids is 2. The highest BCUT2D eigenvalue weighted by Crippen LogP contribution is 2.35. The normalized spacial score (nSPS) is 10.9. The van der Waals surface area contributed by atoms with Crippen LogP contribution in [0.2, 0.25) is 0 Å². The Kier molecular flexibility index (Phi) is 10.5. The Morgan fingerprint density at radius 2 is 0.764 bits per heavy atom. The first-order valence-corrected chi connectivity index (χ1v) is 16.8. The van der Waals surface area contributed by atoms with Crippen molar-refractivity contribution in [1.29, 1.82) is 0 Å². The van der Waals surface area contributed by atoms with Crippen LogP contribution in [0.3, 0.4) is 0 Å². The summed E-state index contributed by atoms with van der Waals surface area (Å²) < 4.78 is 12.0. The summed E-state index contributed by atoms with van der Waals surface area (Å²) in [4.78, 5) is 48.4. The van der Waals surface area contributed by atoms with E-state index in [1.165, 1.54) is 24.3 Å². The third kappa shape index (κ3) is 8.72. The average Bonchev–Trinajstić information content (AvgIpc) is 3.16. The maximum Gasteiger partial charge on any atom is 0.336 e. The van der Waals surface area contributed by atoms with Crippen LogP contribution in [0.4, 0.5) is 11.4 Å². The minimum absolute atomic E-state index is 0.0838. The molecule has 6 aromatic carbocycles. The summed E-state index contributed by atoms with van der Waals surface area (Å²) in [5.41, 5.74) is 1.79. The molecule has 0 aliphatic carbocycles. The molecule has 0 saturated heterocycles. The number of anilines is 2. The molecule has 55 heavy (non-hydrogen) atoms. The van der Waals surface area contributed by atoms with Gasteiger partial charge in [0.25, 0.3) is 11.8 Å². The van der Waals surface area contributed by atoms with Gasteiger partial charge in [-0.05, 0) is 120 Å². The van der Waals surface area contributed by atoms with Crippen molar-refractivity contribution in [2.45, 2.75) is 19.3 Å². The molecule has 0 saturated carbocycles. The Balaban J connectivity index is 1.03. The Labute approximate surface area is 314 Å². The highest BCUT2D eigenvalue weighted by atomic mass is 16.5. The van der Waals surface area contributed by atoms with E-state index in [1.54, 1.807) is 48.5 Å². The third-order valence-electron chi connectivity index (χ3n) is 8.80. The second kappa shape index (κ2) is 15.6. The smallest absolute Gasteiger partial charge is 0.336 e. The molecule has 0 aliphatic rings. The van der Waals surface area contributed by atoms with Crippen molar-refractivity contribution in [3.05, 3.63) is 167 Å². The first kappa shape index (κ1) is 37.2. The van der Waals surface area contributed by atoms with E-state index in [-0.39, 0.29) is 39.2 Å². The van der Waals surface area contributed by atoms with Crippen LogP contribution in [0.15, 0.2) is 133 Å². The van der Waals surface area contributed by atoms with E-state index in [0.717, 1.165) is 23.3 Å². The van der Waals surface area contributed by atoms with E-state index in [4.69, 9.17) is 9.47 Å². The van der Waals surface area contributed by atoms with Crippen LogP contribution in [0.25, 0.3) is 0 Å². The van der Waals surface area contributed by atoms with Gasteiger partial charge >= 0.3 is 11.9 Å². The van der Waals surface area contributed by atoms with E-state index in [2.05, 4.69) is 24.5 Å². The number of phenolic OH excluding ortho intramolecular Hbond substituents is 2. The predicted octanol–water partition coefficient (Wildman–Crippen LogP) is 8.91. The molecule has 6 N–H and O–H groups in total. The fraction of sp³-hybridized carbons (Fsp3) is 0.0698. The molecule has 0 radical (unpaired) electrons. The van der Waals surface area contributed by atoms with Crippen molar-refractivity contribution in [3.8, 4) is 34.5 Å². The fourth-order valence-electron chi connectivity index (χ4n) is 5.74. The average molecular weight is 739 g/mol. The van der Waals surface area contributed by atoms with Crippen LogP contribution >= 0.6 is 0 Å². The molecule has 276 valence electrons. The number of carboxylic acids is 2. The monoisotopic (exact) mass is 738 g/mol. The van der Waals surface area contributed by atoms with Crippen molar-refractivity contribution in [1.82, 2.24) is 0 Å². The summed E-state index contributed by atoms with van der Waals surface area (Å²) in [7, 11) is 0. The number of aromatic hydroxyl groups is 2. The number of carbonyl (C=O) groups is 4. The third-order valence-corrected chi connectivity index (χ3v) is 8.80. The first-order valence-electron chi connectivity index (χ1n) is 16.8. The molecule has 0 spiro atoms. The predicted molar refractivity (Wildman–Crippen MR) is 204 cm³/mol. The zero-order valence-corrected chi connectivity index (χ0v) is 29.4. The Hall–Kier alpha value is -7.60. The number of aromatic carboxylic acids is 2. The quantitative estimate of drug-likeness (QED) is 0.0706. The SMILES string of the molecule is CC(C)(c1ccc(Oc2ccc(NC(=O)c3ccc(O)cc3C(=O)O)cc2)cc1)c1ccc(Oc2ccc(NC(=O)c3ccc(O)cc3C(=O)O)cc2)cc1. The molecule has 0 unspecified atom stereocenters. The first-order chi connectivity index (χ1) is 26.3. The fourth-order valence-corrected chi connectivity index (χ4v) is 5.74. The lowest BCUT2D eigenvalue weighted by atomic mass is 9.78. The Bertz CT molecular complexity index is 2220. The number of hydrogen-bond donors (Lipinski definition) is 6. The van der Waals surface area contributed by atoms with Gasteiger partial charge in [-0.15, -0.1) is 0 Å². The number of nitrogens with one attached hydrogen (secondary N) is 2. The van der Waals surface area contributed by atoms with E-state index >= 15 is 0 Å². The Morgan fingerprint density at radius 3 is 1.07 bits per heavy atom. The van der Waals surface area contributed by atoms with Crippen molar-refractivity contribution in [3.63, 3.8) is 0 Å². The second-order valence-electron chi connectivity index (χ2n) is 12.9. The van der Waals surface area contributed by atoms with Gasteiger partial charge in [0, 0.05) is 16.8 Å². The van der Waals surface area contributed by atoms with Gasteiger partial charge in [0.15, 0.2) is 0 Å². The number of hydrogen-bond acceptors (Lipinski definition) is 8. The lowest BCUT2D eigenvalue weighted by Crippen LogP contribution is -2.18. The lowest BCUT2D eigenvalue weighted by molar-refractivity contribution is 0.0683. The molecule has 0 atom stereocenters. The van der Waals surface area contributed by atoms with Gasteiger partial charge < -0.3 is 40.5 Å². The minimum Gasteiger partial charge on any atom is -0.508 e. The van der Waals surface area contributed by atoms with Crippen molar-refractivity contribution in [2.75, 3.05) is 10.6 Å².